The van der Waals surface area contributed by atoms with Gasteiger partial charge in [0.1, 0.15) is 5.78 Å². The molecule has 0 aliphatic heterocycles. The average molecular weight is 300 g/mol. The number of carbonyl (C=O) groups excluding carboxylic acids is 2. The number of Topliss-reactive ketones (excluding diaryl/α,β-unsaturated/α-hetero) is 1. The molecule has 4 rings (SSSR count). The smallest absolute Gasteiger partial charge is 0.155 e. The van der Waals surface area contributed by atoms with Crippen LogP contribution in [0.4, 0.5) is 0 Å². The van der Waals surface area contributed by atoms with Crippen LogP contribution < -0.4 is 0 Å². The van der Waals surface area contributed by atoms with Crippen LogP contribution in [0.25, 0.3) is 0 Å². The lowest BCUT2D eigenvalue weighted by molar-refractivity contribution is -0.129. The van der Waals surface area contributed by atoms with E-state index in [4.69, 9.17) is 0 Å². The third kappa shape index (κ3) is 1.78. The Hall–Kier alpha value is -1.22. The molecule has 0 amide bonds. The number of fused-ring (bicyclic) bond motifs is 5. The van der Waals surface area contributed by atoms with E-state index in [0.717, 1.165) is 19.3 Å². The molecule has 3 saturated carbocycles. The zero-order chi connectivity index (χ0) is 15.6. The maximum atomic E-state index is 12.4. The molecule has 0 aromatic carbocycles. The molecular formula is C19H24O3. The monoisotopic (exact) mass is 300 g/mol. The van der Waals surface area contributed by atoms with Gasteiger partial charge in [-0.2, -0.15) is 0 Å². The molecule has 3 fully saturated rings. The van der Waals surface area contributed by atoms with Gasteiger partial charge in [-0.15, -0.1) is 0 Å². The number of hydrogen-bond donors (Lipinski definition) is 1. The first kappa shape index (κ1) is 14.4. The number of carbonyl (C=O) groups is 2. The minimum Gasteiger partial charge on any atom is -0.392 e. The minimum atomic E-state index is -0.492. The first-order chi connectivity index (χ1) is 10.4. The van der Waals surface area contributed by atoms with Gasteiger partial charge >= 0.3 is 0 Å². The molecule has 0 spiro atoms. The molecule has 0 heterocycles. The van der Waals surface area contributed by atoms with Crippen molar-refractivity contribution in [2.75, 3.05) is 0 Å². The van der Waals surface area contributed by atoms with Gasteiger partial charge in [0.25, 0.3) is 0 Å². The Bertz CT molecular complexity index is 602. The summed E-state index contributed by atoms with van der Waals surface area (Å²) in [6, 6.07) is 0. The Morgan fingerprint density at radius 3 is 2.82 bits per heavy atom. The van der Waals surface area contributed by atoms with Crippen molar-refractivity contribution >= 4 is 11.6 Å². The van der Waals surface area contributed by atoms with Gasteiger partial charge in [0.15, 0.2) is 5.78 Å². The molecule has 0 aromatic rings. The second-order valence-electron chi connectivity index (χ2n) is 8.03. The molecule has 0 unspecified atom stereocenters. The highest BCUT2D eigenvalue weighted by atomic mass is 16.3. The van der Waals surface area contributed by atoms with Gasteiger partial charge in [-0.25, -0.2) is 0 Å². The molecule has 0 aromatic heterocycles. The predicted octanol–water partition coefficient (Wildman–Crippen LogP) is 2.83. The van der Waals surface area contributed by atoms with Crippen LogP contribution in [-0.2, 0) is 9.59 Å². The number of hydrogen-bond acceptors (Lipinski definition) is 3. The highest BCUT2D eigenvalue weighted by Crippen LogP contribution is 2.61. The maximum absolute atomic E-state index is 12.4. The van der Waals surface area contributed by atoms with E-state index in [1.807, 2.05) is 13.0 Å². The Balaban J connectivity index is 1.74. The Morgan fingerprint density at radius 2 is 2.05 bits per heavy atom. The van der Waals surface area contributed by atoms with E-state index in [-0.39, 0.29) is 17.5 Å². The third-order valence-electron chi connectivity index (χ3n) is 6.89. The zero-order valence-corrected chi connectivity index (χ0v) is 13.2. The van der Waals surface area contributed by atoms with E-state index < -0.39 is 11.5 Å². The van der Waals surface area contributed by atoms with Crippen molar-refractivity contribution in [2.45, 2.75) is 51.6 Å². The summed E-state index contributed by atoms with van der Waals surface area (Å²) in [5.74, 6) is 1.66. The summed E-state index contributed by atoms with van der Waals surface area (Å²) in [4.78, 5) is 24.1. The Labute approximate surface area is 131 Å². The summed E-state index contributed by atoms with van der Waals surface area (Å²) in [5, 5.41) is 10.5. The van der Waals surface area contributed by atoms with Crippen molar-refractivity contribution in [3.8, 4) is 0 Å². The lowest BCUT2D eigenvalue weighted by Gasteiger charge is -2.53. The standard InChI is InChI=1S/C19H24O3/c1-10-9-19(2)16(22)8-15(21)18(19)14-5-3-11-7-12(20)4-6-13(11)17(10)14/h7,13-15,17-18,21H,1,3-6,8-9H2,2H3/t13-,14+,15-,17+,18+,19+/m0/s1. The second kappa shape index (κ2) is 4.64. The van der Waals surface area contributed by atoms with Crippen LogP contribution in [0, 0.1) is 29.1 Å². The maximum Gasteiger partial charge on any atom is 0.155 e. The molecule has 0 radical (unpaired) electrons. The van der Waals surface area contributed by atoms with Crippen LogP contribution in [0.5, 0.6) is 0 Å². The molecule has 1 N–H and O–H groups in total. The number of aliphatic hydroxyl groups excluding tert-OH is 1. The summed E-state index contributed by atoms with van der Waals surface area (Å²) >= 11 is 0. The van der Waals surface area contributed by atoms with E-state index in [1.165, 1.54) is 11.1 Å². The van der Waals surface area contributed by atoms with Gasteiger partial charge in [-0.05, 0) is 49.5 Å². The molecule has 118 valence electrons. The third-order valence-corrected chi connectivity index (χ3v) is 6.89. The van der Waals surface area contributed by atoms with Gasteiger partial charge in [-0.3, -0.25) is 9.59 Å². The normalized spacial score (nSPS) is 47.6. The predicted molar refractivity (Wildman–Crippen MR) is 83.0 cm³/mol. The highest BCUT2D eigenvalue weighted by molar-refractivity contribution is 5.91. The second-order valence-corrected chi connectivity index (χ2v) is 8.03. The molecule has 0 saturated heterocycles. The lowest BCUT2D eigenvalue weighted by Crippen LogP contribution is -2.49. The molecule has 6 atom stereocenters. The van der Waals surface area contributed by atoms with Crippen LogP contribution >= 0.6 is 0 Å². The fourth-order valence-corrected chi connectivity index (χ4v) is 6.06. The van der Waals surface area contributed by atoms with Crippen molar-refractivity contribution in [3.63, 3.8) is 0 Å². The molecule has 4 aliphatic rings. The summed E-state index contributed by atoms with van der Waals surface area (Å²) in [5.41, 5.74) is 2.06. The van der Waals surface area contributed by atoms with E-state index in [1.54, 1.807) is 0 Å². The topological polar surface area (TPSA) is 54.4 Å². The summed E-state index contributed by atoms with van der Waals surface area (Å²) in [7, 11) is 0. The number of allylic oxidation sites excluding steroid dienone is 2. The van der Waals surface area contributed by atoms with Crippen LogP contribution in [-0.4, -0.2) is 22.8 Å². The van der Waals surface area contributed by atoms with Crippen molar-refractivity contribution in [1.29, 1.82) is 0 Å². The molecule has 3 heteroatoms. The Morgan fingerprint density at radius 1 is 1.27 bits per heavy atom. The summed E-state index contributed by atoms with van der Waals surface area (Å²) in [6.07, 6.45) is 5.86. The van der Waals surface area contributed by atoms with Gasteiger partial charge in [0.2, 0.25) is 0 Å². The van der Waals surface area contributed by atoms with Gasteiger partial charge < -0.3 is 5.11 Å². The van der Waals surface area contributed by atoms with Gasteiger partial charge in [0.05, 0.1) is 6.10 Å². The Kier molecular flexibility index (Phi) is 3.03. The fraction of sp³-hybridized carbons (Fsp3) is 0.684. The molecule has 22 heavy (non-hydrogen) atoms. The number of ketones is 2. The van der Waals surface area contributed by atoms with Crippen LogP contribution in [0.3, 0.4) is 0 Å². The van der Waals surface area contributed by atoms with Crippen molar-refractivity contribution in [3.05, 3.63) is 23.8 Å². The van der Waals surface area contributed by atoms with E-state index in [0.29, 0.717) is 37.0 Å². The largest absolute Gasteiger partial charge is 0.392 e. The quantitative estimate of drug-likeness (QED) is 0.700. The van der Waals surface area contributed by atoms with Crippen LogP contribution in [0.15, 0.2) is 23.8 Å². The van der Waals surface area contributed by atoms with Crippen molar-refractivity contribution < 1.29 is 14.7 Å². The summed E-state index contributed by atoms with van der Waals surface area (Å²) < 4.78 is 0. The van der Waals surface area contributed by atoms with Gasteiger partial charge in [-0.1, -0.05) is 24.6 Å². The van der Waals surface area contributed by atoms with Crippen LogP contribution in [0.1, 0.15) is 45.4 Å². The first-order valence-corrected chi connectivity index (χ1v) is 8.54. The lowest BCUT2D eigenvalue weighted by atomic mass is 9.50. The number of aliphatic hydroxyl groups is 1. The summed E-state index contributed by atoms with van der Waals surface area (Å²) in [6.45, 7) is 6.36. The average Bonchev–Trinajstić information content (AvgIpc) is 2.67. The van der Waals surface area contributed by atoms with E-state index >= 15 is 0 Å². The molecule has 4 aliphatic carbocycles. The minimum absolute atomic E-state index is 0.0784. The van der Waals surface area contributed by atoms with Crippen molar-refractivity contribution in [2.24, 2.45) is 29.1 Å². The van der Waals surface area contributed by atoms with Crippen LogP contribution in [0.2, 0.25) is 0 Å². The molecule has 3 nitrogen and oxygen atoms in total. The molecular weight excluding hydrogens is 276 g/mol. The van der Waals surface area contributed by atoms with E-state index in [2.05, 4.69) is 6.58 Å². The SMILES string of the molecule is C=C1C[C@]2(C)C(=O)C[C@H](O)[C@H]2[C@@H]2CCC3=CC(=O)CC[C@@H]3[C@@H]12. The highest BCUT2D eigenvalue weighted by Gasteiger charge is 2.60. The first-order valence-electron chi connectivity index (χ1n) is 8.54. The molecule has 0 bridgehead atoms. The van der Waals surface area contributed by atoms with Crippen molar-refractivity contribution in [1.82, 2.24) is 0 Å². The fourth-order valence-electron chi connectivity index (χ4n) is 6.06. The van der Waals surface area contributed by atoms with Gasteiger partial charge in [0, 0.05) is 24.2 Å². The number of rotatable bonds is 0. The zero-order valence-electron chi connectivity index (χ0n) is 13.2. The van der Waals surface area contributed by atoms with E-state index in [9.17, 15) is 14.7 Å².